The van der Waals surface area contributed by atoms with Crippen LogP contribution < -0.4 is 5.73 Å². The van der Waals surface area contributed by atoms with Gasteiger partial charge >= 0.3 is 0 Å². The van der Waals surface area contributed by atoms with Crippen molar-refractivity contribution in [3.05, 3.63) is 0 Å². The van der Waals surface area contributed by atoms with Gasteiger partial charge in [-0.3, -0.25) is 4.90 Å². The lowest BCUT2D eigenvalue weighted by Gasteiger charge is -2.49. The zero-order valence-corrected chi connectivity index (χ0v) is 13.0. The van der Waals surface area contributed by atoms with Crippen molar-refractivity contribution in [1.29, 1.82) is 0 Å². The summed E-state index contributed by atoms with van der Waals surface area (Å²) in [7, 11) is 2.21. The molecule has 0 aromatic carbocycles. The van der Waals surface area contributed by atoms with Crippen molar-refractivity contribution in [3.63, 3.8) is 0 Å². The van der Waals surface area contributed by atoms with Crippen LogP contribution in [-0.4, -0.2) is 43.3 Å². The van der Waals surface area contributed by atoms with E-state index in [0.717, 1.165) is 19.7 Å². The third-order valence-electron chi connectivity index (χ3n) is 4.37. The van der Waals surface area contributed by atoms with Crippen LogP contribution in [0.4, 0.5) is 0 Å². The Hall–Kier alpha value is -0.120. The molecule has 1 aliphatic rings. The molecule has 0 aromatic heterocycles. The molecule has 0 heterocycles. The molecule has 3 heteroatoms. The van der Waals surface area contributed by atoms with E-state index in [9.17, 15) is 0 Å². The molecule has 1 unspecified atom stereocenters. The van der Waals surface area contributed by atoms with Crippen LogP contribution in [0.15, 0.2) is 0 Å². The lowest BCUT2D eigenvalue weighted by atomic mass is 9.67. The quantitative estimate of drug-likeness (QED) is 0.794. The minimum absolute atomic E-state index is 0.183. The summed E-state index contributed by atoms with van der Waals surface area (Å²) in [6, 6.07) is 0. The Morgan fingerprint density at radius 1 is 1.28 bits per heavy atom. The molecule has 0 aliphatic heterocycles. The van der Waals surface area contributed by atoms with E-state index in [1.807, 2.05) is 0 Å². The monoisotopic (exact) mass is 256 g/mol. The Labute approximate surface area is 113 Å². The highest BCUT2D eigenvalue weighted by Gasteiger charge is 2.41. The molecule has 108 valence electrons. The molecule has 18 heavy (non-hydrogen) atoms. The third-order valence-corrected chi connectivity index (χ3v) is 4.37. The molecule has 2 N–H and O–H groups in total. The lowest BCUT2D eigenvalue weighted by Crippen LogP contribution is -2.57. The Morgan fingerprint density at radius 3 is 2.44 bits per heavy atom. The number of nitrogens with two attached hydrogens (primary N) is 1. The first-order chi connectivity index (χ1) is 8.31. The predicted molar refractivity (Wildman–Crippen MR) is 77.8 cm³/mol. The van der Waals surface area contributed by atoms with E-state index in [1.165, 1.54) is 25.7 Å². The topological polar surface area (TPSA) is 38.5 Å². The van der Waals surface area contributed by atoms with Gasteiger partial charge in [0, 0.05) is 18.6 Å². The molecule has 0 spiro atoms. The summed E-state index contributed by atoms with van der Waals surface area (Å²) in [6.07, 6.45) is 5.36. The van der Waals surface area contributed by atoms with Gasteiger partial charge in [-0.15, -0.1) is 0 Å². The first kappa shape index (κ1) is 15.9. The summed E-state index contributed by atoms with van der Waals surface area (Å²) >= 11 is 0. The summed E-state index contributed by atoms with van der Waals surface area (Å²) in [6.45, 7) is 11.4. The highest BCUT2D eigenvalue weighted by molar-refractivity contribution is 4.98. The zero-order valence-electron chi connectivity index (χ0n) is 13.0. The Balaban J connectivity index is 2.57. The SMILES string of the molecule is CC(C)OCCN(C)C1(CN)CCCC(C)(C)C1. The van der Waals surface area contributed by atoms with Crippen LogP contribution in [0.3, 0.4) is 0 Å². The van der Waals surface area contributed by atoms with Crippen molar-refractivity contribution >= 4 is 0 Å². The van der Waals surface area contributed by atoms with E-state index < -0.39 is 0 Å². The molecule has 0 aromatic rings. The summed E-state index contributed by atoms with van der Waals surface area (Å²) in [4.78, 5) is 2.44. The van der Waals surface area contributed by atoms with Gasteiger partial charge in [0.05, 0.1) is 12.7 Å². The number of hydrogen-bond donors (Lipinski definition) is 1. The molecule has 0 amide bonds. The Kier molecular flexibility index (Phi) is 5.63. The van der Waals surface area contributed by atoms with Crippen molar-refractivity contribution in [1.82, 2.24) is 4.90 Å². The summed E-state index contributed by atoms with van der Waals surface area (Å²) in [5.41, 5.74) is 6.71. The minimum atomic E-state index is 0.183. The van der Waals surface area contributed by atoms with Crippen molar-refractivity contribution in [2.45, 2.75) is 65.0 Å². The fourth-order valence-electron chi connectivity index (χ4n) is 3.28. The molecule has 0 bridgehead atoms. The van der Waals surface area contributed by atoms with E-state index in [2.05, 4.69) is 39.6 Å². The van der Waals surface area contributed by atoms with Gasteiger partial charge in [0.1, 0.15) is 0 Å². The van der Waals surface area contributed by atoms with Crippen LogP contribution in [0.1, 0.15) is 53.4 Å². The maximum Gasteiger partial charge on any atom is 0.0597 e. The fraction of sp³-hybridized carbons (Fsp3) is 1.00. The molecule has 1 fully saturated rings. The molecular formula is C15H32N2O. The Morgan fingerprint density at radius 2 is 1.94 bits per heavy atom. The number of likely N-dealkylation sites (N-methyl/N-ethyl adjacent to an activating group) is 1. The van der Waals surface area contributed by atoms with Crippen LogP contribution >= 0.6 is 0 Å². The summed E-state index contributed by atoms with van der Waals surface area (Å²) in [5.74, 6) is 0. The van der Waals surface area contributed by atoms with E-state index in [1.54, 1.807) is 0 Å². The highest BCUT2D eigenvalue weighted by Crippen LogP contribution is 2.43. The van der Waals surface area contributed by atoms with E-state index >= 15 is 0 Å². The van der Waals surface area contributed by atoms with E-state index in [-0.39, 0.29) is 5.54 Å². The first-order valence-electron chi connectivity index (χ1n) is 7.34. The standard InChI is InChI=1S/C15H32N2O/c1-13(2)18-10-9-17(5)15(12-16)8-6-7-14(3,4)11-15/h13H,6-12,16H2,1-5H3. The molecule has 1 atom stereocenters. The van der Waals surface area contributed by atoms with Crippen molar-refractivity contribution in [3.8, 4) is 0 Å². The third kappa shape index (κ3) is 4.22. The summed E-state index contributed by atoms with van der Waals surface area (Å²) in [5, 5.41) is 0. The average molecular weight is 256 g/mol. The van der Waals surface area contributed by atoms with Crippen molar-refractivity contribution < 1.29 is 4.74 Å². The number of ether oxygens (including phenoxy) is 1. The lowest BCUT2D eigenvalue weighted by molar-refractivity contribution is -0.00345. The zero-order chi connectivity index (χ0) is 13.8. The van der Waals surface area contributed by atoms with E-state index in [4.69, 9.17) is 10.5 Å². The number of hydrogen-bond acceptors (Lipinski definition) is 3. The molecule has 0 saturated heterocycles. The molecule has 3 nitrogen and oxygen atoms in total. The van der Waals surface area contributed by atoms with Gasteiger partial charge in [-0.2, -0.15) is 0 Å². The highest BCUT2D eigenvalue weighted by atomic mass is 16.5. The number of rotatable bonds is 6. The van der Waals surface area contributed by atoms with Crippen LogP contribution in [0, 0.1) is 5.41 Å². The van der Waals surface area contributed by atoms with Crippen molar-refractivity contribution in [2.75, 3.05) is 26.7 Å². The van der Waals surface area contributed by atoms with Crippen LogP contribution in [-0.2, 0) is 4.74 Å². The predicted octanol–water partition coefficient (Wildman–Crippen LogP) is 2.64. The smallest absolute Gasteiger partial charge is 0.0597 e. The largest absolute Gasteiger partial charge is 0.377 e. The molecule has 0 radical (unpaired) electrons. The minimum Gasteiger partial charge on any atom is -0.377 e. The molecule has 1 aliphatic carbocycles. The molecular weight excluding hydrogens is 224 g/mol. The van der Waals surface area contributed by atoms with Gasteiger partial charge in [-0.05, 0) is 45.6 Å². The fourth-order valence-corrected chi connectivity index (χ4v) is 3.28. The molecule has 1 rings (SSSR count). The average Bonchev–Trinajstić information content (AvgIpc) is 2.26. The van der Waals surface area contributed by atoms with E-state index in [0.29, 0.717) is 11.5 Å². The van der Waals surface area contributed by atoms with Gasteiger partial charge in [0.2, 0.25) is 0 Å². The molecule has 1 saturated carbocycles. The van der Waals surface area contributed by atoms with Gasteiger partial charge in [-0.25, -0.2) is 0 Å². The van der Waals surface area contributed by atoms with Crippen LogP contribution in [0.2, 0.25) is 0 Å². The summed E-state index contributed by atoms with van der Waals surface area (Å²) < 4.78 is 5.66. The second-order valence-electron chi connectivity index (χ2n) is 6.96. The number of nitrogens with zero attached hydrogens (tertiary/aromatic N) is 1. The van der Waals surface area contributed by atoms with Gasteiger partial charge in [-0.1, -0.05) is 20.3 Å². The Bertz CT molecular complexity index is 253. The second-order valence-corrected chi connectivity index (χ2v) is 6.96. The van der Waals surface area contributed by atoms with Crippen LogP contribution in [0.25, 0.3) is 0 Å². The maximum absolute atomic E-state index is 6.11. The van der Waals surface area contributed by atoms with Gasteiger partial charge in [0.15, 0.2) is 0 Å². The van der Waals surface area contributed by atoms with Gasteiger partial charge in [0.25, 0.3) is 0 Å². The first-order valence-corrected chi connectivity index (χ1v) is 7.34. The maximum atomic E-state index is 6.11. The normalized spacial score (nSPS) is 28.0. The second kappa shape index (κ2) is 6.36. The van der Waals surface area contributed by atoms with Crippen LogP contribution in [0.5, 0.6) is 0 Å². The van der Waals surface area contributed by atoms with Gasteiger partial charge < -0.3 is 10.5 Å². The van der Waals surface area contributed by atoms with Crippen molar-refractivity contribution in [2.24, 2.45) is 11.1 Å².